The number of likely N-dealkylation sites (tertiary alicyclic amines) is 1. The number of nitrogens with one attached hydrogen (secondary N) is 2. The Morgan fingerprint density at radius 3 is 2.58 bits per heavy atom. The van der Waals surface area contributed by atoms with Gasteiger partial charge in [0.2, 0.25) is 5.91 Å². The van der Waals surface area contributed by atoms with Crippen LogP contribution in [0.15, 0.2) is 0 Å². The van der Waals surface area contributed by atoms with Crippen molar-refractivity contribution in [1.82, 2.24) is 15.5 Å². The molecule has 1 unspecified atom stereocenters. The molecule has 1 rings (SSSR count). The molecular formula is C12H21N3O4. The molecule has 0 aromatic heterocycles. The molecule has 0 aromatic carbocycles. The van der Waals surface area contributed by atoms with Gasteiger partial charge in [-0.05, 0) is 32.7 Å². The zero-order valence-electron chi connectivity index (χ0n) is 11.4. The zero-order valence-corrected chi connectivity index (χ0v) is 11.4. The van der Waals surface area contributed by atoms with Crippen LogP contribution in [0, 0.1) is 0 Å². The maximum atomic E-state index is 11.5. The number of piperidine rings is 1. The lowest BCUT2D eigenvalue weighted by atomic mass is 9.88. The first-order valence-corrected chi connectivity index (χ1v) is 6.40. The van der Waals surface area contributed by atoms with E-state index in [1.165, 1.54) is 7.05 Å². The third-order valence-electron chi connectivity index (χ3n) is 3.59. The Morgan fingerprint density at radius 1 is 1.32 bits per heavy atom. The van der Waals surface area contributed by atoms with Crippen molar-refractivity contribution in [3.05, 3.63) is 0 Å². The van der Waals surface area contributed by atoms with Crippen molar-refractivity contribution in [2.45, 2.75) is 38.1 Å². The third kappa shape index (κ3) is 3.92. The van der Waals surface area contributed by atoms with Crippen molar-refractivity contribution >= 4 is 17.9 Å². The van der Waals surface area contributed by atoms with Crippen LogP contribution in [-0.4, -0.2) is 53.6 Å². The van der Waals surface area contributed by atoms with Gasteiger partial charge in [0.05, 0.1) is 0 Å². The van der Waals surface area contributed by atoms with Gasteiger partial charge in [0, 0.05) is 20.0 Å². The molecule has 0 aliphatic carbocycles. The lowest BCUT2D eigenvalue weighted by Gasteiger charge is -2.41. The van der Waals surface area contributed by atoms with Gasteiger partial charge in [0.25, 0.3) is 0 Å². The number of imide groups is 1. The lowest BCUT2D eigenvalue weighted by molar-refractivity contribution is -0.153. The molecule has 0 spiro atoms. The van der Waals surface area contributed by atoms with E-state index in [1.54, 1.807) is 6.92 Å². The highest BCUT2D eigenvalue weighted by atomic mass is 16.4. The first-order valence-electron chi connectivity index (χ1n) is 6.40. The van der Waals surface area contributed by atoms with Gasteiger partial charge in [-0.1, -0.05) is 0 Å². The SMILES string of the molecule is CNC(=O)NC(=O)CCN1CCCCC1(C)C(=O)O. The minimum atomic E-state index is -0.911. The summed E-state index contributed by atoms with van der Waals surface area (Å²) in [5, 5.41) is 13.8. The molecule has 0 aromatic rings. The number of nitrogens with zero attached hydrogens (tertiary/aromatic N) is 1. The van der Waals surface area contributed by atoms with Crippen molar-refractivity contribution in [1.29, 1.82) is 0 Å². The summed E-state index contributed by atoms with van der Waals surface area (Å²) in [6, 6.07) is -0.551. The maximum Gasteiger partial charge on any atom is 0.323 e. The van der Waals surface area contributed by atoms with Crippen molar-refractivity contribution in [2.75, 3.05) is 20.1 Å². The van der Waals surface area contributed by atoms with E-state index in [-0.39, 0.29) is 6.42 Å². The molecule has 0 saturated carbocycles. The van der Waals surface area contributed by atoms with Crippen LogP contribution in [0.1, 0.15) is 32.6 Å². The maximum absolute atomic E-state index is 11.5. The Morgan fingerprint density at radius 2 is 2.00 bits per heavy atom. The first kappa shape index (κ1) is 15.4. The normalized spacial score (nSPS) is 23.7. The summed E-state index contributed by atoms with van der Waals surface area (Å²) in [6.45, 7) is 2.69. The minimum absolute atomic E-state index is 0.107. The Kier molecular flexibility index (Phi) is 5.29. The molecule has 3 amide bonds. The molecule has 19 heavy (non-hydrogen) atoms. The minimum Gasteiger partial charge on any atom is -0.480 e. The van der Waals surface area contributed by atoms with Crippen molar-refractivity contribution in [3.63, 3.8) is 0 Å². The molecular weight excluding hydrogens is 250 g/mol. The summed E-state index contributed by atoms with van der Waals surface area (Å²) in [5.41, 5.74) is -0.911. The standard InChI is InChI=1S/C12H21N3O4/c1-12(10(17)18)6-3-4-7-15(12)8-5-9(16)14-11(19)13-2/h3-8H2,1-2H3,(H,17,18)(H2,13,14,16,19). The summed E-state index contributed by atoms with van der Waals surface area (Å²) in [5.74, 6) is -1.27. The average molecular weight is 271 g/mol. The Bertz CT molecular complexity index is 372. The number of carboxylic acids is 1. The van der Waals surface area contributed by atoms with E-state index in [9.17, 15) is 19.5 Å². The highest BCUT2D eigenvalue weighted by molar-refractivity contribution is 5.94. The average Bonchev–Trinajstić information content (AvgIpc) is 2.37. The van der Waals surface area contributed by atoms with Gasteiger partial charge < -0.3 is 10.4 Å². The van der Waals surface area contributed by atoms with E-state index in [4.69, 9.17) is 0 Å². The van der Waals surface area contributed by atoms with Gasteiger partial charge in [0.1, 0.15) is 5.54 Å². The second-order valence-electron chi connectivity index (χ2n) is 4.90. The predicted molar refractivity (Wildman–Crippen MR) is 68.7 cm³/mol. The van der Waals surface area contributed by atoms with Gasteiger partial charge >= 0.3 is 12.0 Å². The second kappa shape index (κ2) is 6.51. The fourth-order valence-electron chi connectivity index (χ4n) is 2.27. The van der Waals surface area contributed by atoms with E-state index in [2.05, 4.69) is 10.6 Å². The fourth-order valence-corrected chi connectivity index (χ4v) is 2.27. The van der Waals surface area contributed by atoms with Crippen molar-refractivity contribution in [3.8, 4) is 0 Å². The van der Waals surface area contributed by atoms with Gasteiger partial charge in [-0.15, -0.1) is 0 Å². The van der Waals surface area contributed by atoms with Crippen LogP contribution in [0.4, 0.5) is 4.79 Å². The molecule has 1 atom stereocenters. The zero-order chi connectivity index (χ0) is 14.5. The van der Waals surface area contributed by atoms with E-state index in [0.717, 1.165) is 12.8 Å². The molecule has 7 heteroatoms. The second-order valence-corrected chi connectivity index (χ2v) is 4.90. The predicted octanol–water partition coefficient (Wildman–Crippen LogP) is 0.161. The molecule has 1 saturated heterocycles. The molecule has 7 nitrogen and oxygen atoms in total. The van der Waals surface area contributed by atoms with E-state index >= 15 is 0 Å². The summed E-state index contributed by atoms with van der Waals surface area (Å²) in [4.78, 5) is 35.6. The summed E-state index contributed by atoms with van der Waals surface area (Å²) in [6.07, 6.45) is 2.50. The van der Waals surface area contributed by atoms with E-state index < -0.39 is 23.4 Å². The highest BCUT2D eigenvalue weighted by Crippen LogP contribution is 2.28. The van der Waals surface area contributed by atoms with Crippen molar-refractivity contribution in [2.24, 2.45) is 0 Å². The van der Waals surface area contributed by atoms with Crippen LogP contribution in [0.3, 0.4) is 0 Å². The Labute approximate surface area is 112 Å². The summed E-state index contributed by atoms with van der Waals surface area (Å²) < 4.78 is 0. The third-order valence-corrected chi connectivity index (χ3v) is 3.59. The number of carbonyl (C=O) groups is 3. The van der Waals surface area contributed by atoms with Crippen LogP contribution in [0.5, 0.6) is 0 Å². The number of rotatable bonds is 4. The van der Waals surface area contributed by atoms with Crippen LogP contribution in [-0.2, 0) is 9.59 Å². The summed E-state index contributed by atoms with van der Waals surface area (Å²) >= 11 is 0. The number of aliphatic carboxylic acids is 1. The highest BCUT2D eigenvalue weighted by Gasteiger charge is 2.41. The number of carboxylic acid groups (broad SMARTS) is 1. The largest absolute Gasteiger partial charge is 0.480 e. The van der Waals surface area contributed by atoms with Gasteiger partial charge in [-0.2, -0.15) is 0 Å². The van der Waals surface area contributed by atoms with Crippen LogP contribution < -0.4 is 10.6 Å². The first-order chi connectivity index (χ1) is 8.90. The molecule has 1 heterocycles. The van der Waals surface area contributed by atoms with Crippen LogP contribution in [0.25, 0.3) is 0 Å². The number of urea groups is 1. The number of carbonyl (C=O) groups excluding carboxylic acids is 2. The number of hydrogen-bond donors (Lipinski definition) is 3. The lowest BCUT2D eigenvalue weighted by Crippen LogP contribution is -2.55. The van der Waals surface area contributed by atoms with E-state index in [0.29, 0.717) is 19.5 Å². The van der Waals surface area contributed by atoms with Crippen LogP contribution in [0.2, 0.25) is 0 Å². The Balaban J connectivity index is 2.52. The molecule has 1 fully saturated rings. The topological polar surface area (TPSA) is 98.7 Å². The van der Waals surface area contributed by atoms with Crippen LogP contribution >= 0.6 is 0 Å². The monoisotopic (exact) mass is 271 g/mol. The smallest absolute Gasteiger partial charge is 0.323 e. The van der Waals surface area contributed by atoms with Gasteiger partial charge in [-0.25, -0.2) is 4.79 Å². The summed E-state index contributed by atoms with van der Waals surface area (Å²) in [7, 11) is 1.43. The number of hydrogen-bond acceptors (Lipinski definition) is 4. The molecule has 1 aliphatic rings. The Hall–Kier alpha value is -1.63. The fraction of sp³-hybridized carbons (Fsp3) is 0.750. The molecule has 3 N–H and O–H groups in total. The molecule has 0 bridgehead atoms. The van der Waals surface area contributed by atoms with Gasteiger partial charge in [-0.3, -0.25) is 19.8 Å². The molecule has 108 valence electrons. The van der Waals surface area contributed by atoms with Crippen molar-refractivity contribution < 1.29 is 19.5 Å². The number of amides is 3. The molecule has 0 radical (unpaired) electrons. The van der Waals surface area contributed by atoms with E-state index in [1.807, 2.05) is 4.90 Å². The van der Waals surface area contributed by atoms with Gasteiger partial charge in [0.15, 0.2) is 0 Å². The quantitative estimate of drug-likeness (QED) is 0.676. The molecule has 1 aliphatic heterocycles.